The van der Waals surface area contributed by atoms with Gasteiger partial charge in [-0.1, -0.05) is 12.8 Å². The van der Waals surface area contributed by atoms with Crippen LogP contribution in [0, 0.1) is 13.8 Å². The zero-order valence-corrected chi connectivity index (χ0v) is 12.8. The molecule has 2 heterocycles. The third-order valence-corrected chi connectivity index (χ3v) is 4.50. The van der Waals surface area contributed by atoms with Crippen LogP contribution in [0.3, 0.4) is 0 Å². The number of nitrogens with zero attached hydrogens (tertiary/aromatic N) is 2. The van der Waals surface area contributed by atoms with Gasteiger partial charge in [-0.3, -0.25) is 0 Å². The molecule has 1 fully saturated rings. The van der Waals surface area contributed by atoms with E-state index in [1.54, 1.807) is 0 Å². The molecule has 0 aromatic carbocycles. The average Bonchev–Trinajstić information content (AvgIpc) is 2.65. The van der Waals surface area contributed by atoms with Gasteiger partial charge in [-0.2, -0.15) is 0 Å². The molecule has 0 spiro atoms. The summed E-state index contributed by atoms with van der Waals surface area (Å²) in [4.78, 5) is 2.61. The smallest absolute Gasteiger partial charge is 0.0223 e. The minimum atomic E-state index is 1.00. The molecule has 1 aromatic rings. The van der Waals surface area contributed by atoms with E-state index in [-0.39, 0.29) is 0 Å². The lowest BCUT2D eigenvalue weighted by Crippen LogP contribution is -2.32. The van der Waals surface area contributed by atoms with E-state index in [2.05, 4.69) is 41.7 Å². The molecule has 0 amide bonds. The fourth-order valence-electron chi connectivity index (χ4n) is 2.93. The van der Waals surface area contributed by atoms with Gasteiger partial charge in [0, 0.05) is 38.1 Å². The standard InChI is InChI=1S/C16H29N3/c1-14-12-16(15(2)18(14)3)13-17-8-11-19-9-6-4-5-7-10-19/h12,17H,4-11,13H2,1-3H3. The van der Waals surface area contributed by atoms with Crippen LogP contribution in [-0.4, -0.2) is 35.6 Å². The molecule has 3 nitrogen and oxygen atoms in total. The van der Waals surface area contributed by atoms with Crippen molar-refractivity contribution in [3.63, 3.8) is 0 Å². The van der Waals surface area contributed by atoms with Gasteiger partial charge in [-0.15, -0.1) is 0 Å². The second kappa shape index (κ2) is 7.11. The lowest BCUT2D eigenvalue weighted by atomic mass is 10.2. The van der Waals surface area contributed by atoms with Crippen LogP contribution in [0.4, 0.5) is 0 Å². The molecule has 0 unspecified atom stereocenters. The second-order valence-corrected chi connectivity index (χ2v) is 5.89. The van der Waals surface area contributed by atoms with Gasteiger partial charge < -0.3 is 14.8 Å². The molecule has 1 aliphatic rings. The molecule has 108 valence electrons. The first-order valence-electron chi connectivity index (χ1n) is 7.73. The molecule has 0 atom stereocenters. The van der Waals surface area contributed by atoms with E-state index in [1.807, 2.05) is 0 Å². The number of hydrogen-bond acceptors (Lipinski definition) is 2. The van der Waals surface area contributed by atoms with Gasteiger partial charge in [0.1, 0.15) is 0 Å². The molecule has 0 saturated carbocycles. The van der Waals surface area contributed by atoms with Crippen LogP contribution in [0.15, 0.2) is 6.07 Å². The summed E-state index contributed by atoms with van der Waals surface area (Å²) in [5, 5.41) is 3.60. The largest absolute Gasteiger partial charge is 0.352 e. The maximum Gasteiger partial charge on any atom is 0.0223 e. The Balaban J connectivity index is 1.70. The van der Waals surface area contributed by atoms with Gasteiger partial charge in [0.05, 0.1) is 0 Å². The SMILES string of the molecule is Cc1cc(CNCCN2CCCCCC2)c(C)n1C. The predicted octanol–water partition coefficient (Wildman–Crippen LogP) is 2.61. The molecule has 1 aliphatic heterocycles. The molecule has 19 heavy (non-hydrogen) atoms. The molecule has 0 radical (unpaired) electrons. The molecule has 2 rings (SSSR count). The van der Waals surface area contributed by atoms with Crippen LogP contribution in [0.25, 0.3) is 0 Å². The van der Waals surface area contributed by atoms with E-state index in [1.165, 1.54) is 62.3 Å². The maximum atomic E-state index is 3.60. The van der Waals surface area contributed by atoms with Crippen LogP contribution >= 0.6 is 0 Å². The van der Waals surface area contributed by atoms with Gasteiger partial charge >= 0.3 is 0 Å². The fraction of sp³-hybridized carbons (Fsp3) is 0.750. The van der Waals surface area contributed by atoms with Gasteiger partial charge in [0.25, 0.3) is 0 Å². The van der Waals surface area contributed by atoms with Crippen LogP contribution in [0.1, 0.15) is 42.6 Å². The normalized spacial score (nSPS) is 17.6. The van der Waals surface area contributed by atoms with Crippen molar-refractivity contribution in [1.29, 1.82) is 0 Å². The number of likely N-dealkylation sites (tertiary alicyclic amines) is 1. The summed E-state index contributed by atoms with van der Waals surface area (Å²) in [6.45, 7) is 10.3. The van der Waals surface area contributed by atoms with Gasteiger partial charge in [0.2, 0.25) is 0 Å². The first kappa shape index (κ1) is 14.6. The molecule has 1 saturated heterocycles. The van der Waals surface area contributed by atoms with Crippen molar-refractivity contribution in [1.82, 2.24) is 14.8 Å². The minimum Gasteiger partial charge on any atom is -0.352 e. The average molecular weight is 263 g/mol. The Bertz CT molecular complexity index is 387. The zero-order valence-electron chi connectivity index (χ0n) is 12.8. The van der Waals surface area contributed by atoms with E-state index in [4.69, 9.17) is 0 Å². The molecule has 3 heteroatoms. The highest BCUT2D eigenvalue weighted by Gasteiger charge is 2.09. The van der Waals surface area contributed by atoms with E-state index in [9.17, 15) is 0 Å². The van der Waals surface area contributed by atoms with Gasteiger partial charge in [-0.05, 0) is 51.4 Å². The van der Waals surface area contributed by atoms with Crippen LogP contribution in [-0.2, 0) is 13.6 Å². The highest BCUT2D eigenvalue weighted by Crippen LogP contribution is 2.12. The molecular formula is C16H29N3. The third-order valence-electron chi connectivity index (χ3n) is 4.50. The third kappa shape index (κ3) is 4.08. The predicted molar refractivity (Wildman–Crippen MR) is 81.5 cm³/mol. The summed E-state index contributed by atoms with van der Waals surface area (Å²) < 4.78 is 2.27. The van der Waals surface area contributed by atoms with E-state index in [0.717, 1.165) is 13.1 Å². The van der Waals surface area contributed by atoms with Gasteiger partial charge in [0.15, 0.2) is 0 Å². The van der Waals surface area contributed by atoms with E-state index >= 15 is 0 Å². The summed E-state index contributed by atoms with van der Waals surface area (Å²) in [7, 11) is 2.14. The van der Waals surface area contributed by atoms with Crippen LogP contribution in [0.5, 0.6) is 0 Å². The number of aromatic nitrogens is 1. The summed E-state index contributed by atoms with van der Waals surface area (Å²) in [6, 6.07) is 2.30. The highest BCUT2D eigenvalue weighted by molar-refractivity contribution is 5.26. The first-order valence-corrected chi connectivity index (χ1v) is 7.73. The number of nitrogens with one attached hydrogen (secondary N) is 1. The van der Waals surface area contributed by atoms with E-state index < -0.39 is 0 Å². The molecule has 1 aromatic heterocycles. The Morgan fingerprint density at radius 3 is 2.37 bits per heavy atom. The van der Waals surface area contributed by atoms with Crippen molar-refractivity contribution in [3.8, 4) is 0 Å². The van der Waals surface area contributed by atoms with Crippen molar-refractivity contribution < 1.29 is 0 Å². The summed E-state index contributed by atoms with van der Waals surface area (Å²) >= 11 is 0. The van der Waals surface area contributed by atoms with Crippen LogP contribution in [0.2, 0.25) is 0 Å². The van der Waals surface area contributed by atoms with Crippen molar-refractivity contribution in [2.75, 3.05) is 26.2 Å². The Labute approximate surface area is 118 Å². The number of rotatable bonds is 5. The molecule has 0 bridgehead atoms. The van der Waals surface area contributed by atoms with Crippen molar-refractivity contribution in [2.45, 2.75) is 46.1 Å². The monoisotopic (exact) mass is 263 g/mol. The van der Waals surface area contributed by atoms with E-state index in [0.29, 0.717) is 0 Å². The Hall–Kier alpha value is -0.800. The summed E-state index contributed by atoms with van der Waals surface area (Å²) in [5.41, 5.74) is 4.18. The number of hydrogen-bond donors (Lipinski definition) is 1. The van der Waals surface area contributed by atoms with Crippen molar-refractivity contribution in [2.24, 2.45) is 7.05 Å². The minimum absolute atomic E-state index is 1.00. The topological polar surface area (TPSA) is 20.2 Å². The number of aryl methyl sites for hydroxylation is 1. The molecule has 0 aliphatic carbocycles. The Morgan fingerprint density at radius 1 is 1.11 bits per heavy atom. The summed E-state index contributed by atoms with van der Waals surface area (Å²) in [5.74, 6) is 0. The zero-order chi connectivity index (χ0) is 13.7. The highest BCUT2D eigenvalue weighted by atomic mass is 15.1. The Morgan fingerprint density at radius 2 is 1.79 bits per heavy atom. The molecular weight excluding hydrogens is 234 g/mol. The second-order valence-electron chi connectivity index (χ2n) is 5.89. The van der Waals surface area contributed by atoms with Crippen molar-refractivity contribution >= 4 is 0 Å². The lowest BCUT2D eigenvalue weighted by molar-refractivity contribution is 0.284. The van der Waals surface area contributed by atoms with Crippen LogP contribution < -0.4 is 5.32 Å². The lowest BCUT2D eigenvalue weighted by Gasteiger charge is -2.19. The Kier molecular flexibility index (Phi) is 5.46. The first-order chi connectivity index (χ1) is 9.18. The quantitative estimate of drug-likeness (QED) is 0.824. The summed E-state index contributed by atoms with van der Waals surface area (Å²) in [6.07, 6.45) is 5.62. The maximum absolute atomic E-state index is 3.60. The van der Waals surface area contributed by atoms with Gasteiger partial charge in [-0.25, -0.2) is 0 Å². The molecule has 1 N–H and O–H groups in total. The van der Waals surface area contributed by atoms with Crippen molar-refractivity contribution in [3.05, 3.63) is 23.0 Å². The fourth-order valence-corrected chi connectivity index (χ4v) is 2.93.